The van der Waals surface area contributed by atoms with E-state index in [1.54, 1.807) is 30.1 Å². The lowest BCUT2D eigenvalue weighted by molar-refractivity contribution is 0.534. The summed E-state index contributed by atoms with van der Waals surface area (Å²) in [5.41, 5.74) is 0.806. The first-order valence-corrected chi connectivity index (χ1v) is 5.77. The Hall–Kier alpha value is -1.60. The van der Waals surface area contributed by atoms with Crippen LogP contribution in [-0.4, -0.2) is 28.5 Å². The van der Waals surface area contributed by atoms with Gasteiger partial charge >= 0.3 is 0 Å². The van der Waals surface area contributed by atoms with Gasteiger partial charge in [-0.15, -0.1) is 10.2 Å². The van der Waals surface area contributed by atoms with Crippen LogP contribution in [0.3, 0.4) is 0 Å². The predicted molar refractivity (Wildman–Crippen MR) is 56.9 cm³/mol. The van der Waals surface area contributed by atoms with Gasteiger partial charge in [0.05, 0.1) is 5.75 Å². The van der Waals surface area contributed by atoms with E-state index in [9.17, 15) is 8.76 Å². The summed E-state index contributed by atoms with van der Waals surface area (Å²) in [6.07, 6.45) is 3.31. The molecule has 84 valence electrons. The lowest BCUT2D eigenvalue weighted by Crippen LogP contribution is -2.03. The van der Waals surface area contributed by atoms with Gasteiger partial charge in [0.25, 0.3) is 0 Å². The Labute approximate surface area is 94.6 Å². The number of hydrogen-bond acceptors (Lipinski definition) is 5. The van der Waals surface area contributed by atoms with E-state index in [4.69, 9.17) is 0 Å². The Kier molecular flexibility index (Phi) is 3.07. The fraction of sp³-hybridized carbons (Fsp3) is 0.222. The Bertz CT molecular complexity index is 511. The van der Waals surface area contributed by atoms with Gasteiger partial charge in [-0.2, -0.15) is 0 Å². The molecule has 0 aromatic carbocycles. The van der Waals surface area contributed by atoms with Gasteiger partial charge in [0, 0.05) is 25.0 Å². The number of hydrogen-bond donors (Lipinski definition) is 0. The van der Waals surface area contributed by atoms with E-state index >= 15 is 0 Å². The van der Waals surface area contributed by atoms with Gasteiger partial charge in [0.2, 0.25) is 0 Å². The average molecular weight is 237 g/mol. The van der Waals surface area contributed by atoms with E-state index in [1.165, 1.54) is 0 Å². The van der Waals surface area contributed by atoms with Crippen LogP contribution in [0.5, 0.6) is 0 Å². The minimum Gasteiger partial charge on any atom is -0.772 e. The van der Waals surface area contributed by atoms with Crippen molar-refractivity contribution in [2.75, 3.05) is 0 Å². The van der Waals surface area contributed by atoms with Gasteiger partial charge < -0.3 is 9.12 Å². The van der Waals surface area contributed by atoms with Crippen molar-refractivity contribution in [2.24, 2.45) is 7.05 Å². The zero-order valence-electron chi connectivity index (χ0n) is 8.53. The summed E-state index contributed by atoms with van der Waals surface area (Å²) in [4.78, 5) is 3.97. The van der Waals surface area contributed by atoms with E-state index < -0.39 is 11.1 Å². The summed E-state index contributed by atoms with van der Waals surface area (Å²) >= 11 is -2.16. The normalized spacial score (nSPS) is 12.6. The molecule has 0 aliphatic carbocycles. The lowest BCUT2D eigenvalue weighted by atomic mass is 10.3. The zero-order chi connectivity index (χ0) is 11.5. The topological polar surface area (TPSA) is 83.7 Å². The molecule has 7 heteroatoms. The first-order valence-electron chi connectivity index (χ1n) is 4.53. The average Bonchev–Trinajstić information content (AvgIpc) is 2.61. The molecule has 0 aliphatic rings. The summed E-state index contributed by atoms with van der Waals surface area (Å²) < 4.78 is 22.8. The third kappa shape index (κ3) is 2.15. The van der Waals surface area contributed by atoms with Crippen LogP contribution >= 0.6 is 0 Å². The molecule has 0 saturated heterocycles. The van der Waals surface area contributed by atoms with Crippen molar-refractivity contribution in [3.8, 4) is 11.4 Å². The highest BCUT2D eigenvalue weighted by molar-refractivity contribution is 7.78. The van der Waals surface area contributed by atoms with Crippen LogP contribution < -0.4 is 0 Å². The summed E-state index contributed by atoms with van der Waals surface area (Å²) in [5, 5.41) is 7.76. The molecule has 0 spiro atoms. The fourth-order valence-electron chi connectivity index (χ4n) is 1.34. The molecule has 2 heterocycles. The van der Waals surface area contributed by atoms with Crippen molar-refractivity contribution >= 4 is 11.1 Å². The molecule has 0 radical (unpaired) electrons. The van der Waals surface area contributed by atoms with Gasteiger partial charge in [-0.25, -0.2) is 0 Å². The quantitative estimate of drug-likeness (QED) is 0.715. The molecule has 0 bridgehead atoms. The molecular formula is C9H9N4O2S-. The summed E-state index contributed by atoms with van der Waals surface area (Å²) in [5.74, 6) is 0.879. The SMILES string of the molecule is Cn1c(CS(=O)[O-])nnc1-c1cccnc1. The van der Waals surface area contributed by atoms with E-state index in [2.05, 4.69) is 15.2 Å². The Morgan fingerprint density at radius 1 is 1.50 bits per heavy atom. The van der Waals surface area contributed by atoms with Crippen molar-refractivity contribution in [2.45, 2.75) is 5.75 Å². The molecule has 1 atom stereocenters. The molecule has 2 aromatic rings. The van der Waals surface area contributed by atoms with E-state index in [-0.39, 0.29) is 5.75 Å². The van der Waals surface area contributed by atoms with Gasteiger partial charge in [-0.1, -0.05) is 0 Å². The lowest BCUT2D eigenvalue weighted by Gasteiger charge is -2.05. The molecule has 16 heavy (non-hydrogen) atoms. The summed E-state index contributed by atoms with van der Waals surface area (Å²) in [6.45, 7) is 0. The van der Waals surface area contributed by atoms with Crippen molar-refractivity contribution < 1.29 is 8.76 Å². The molecule has 0 saturated carbocycles. The maximum Gasteiger partial charge on any atom is 0.165 e. The predicted octanol–water partition coefficient (Wildman–Crippen LogP) is 0.256. The first-order chi connectivity index (χ1) is 7.68. The number of pyridine rings is 1. The standard InChI is InChI=1S/C9H10N4O2S/c1-13-8(6-16(14)15)11-12-9(13)7-3-2-4-10-5-7/h2-5H,6H2,1H3,(H,14,15)/p-1. The van der Waals surface area contributed by atoms with Gasteiger partial charge in [0.15, 0.2) is 5.82 Å². The number of nitrogens with zero attached hydrogens (tertiary/aromatic N) is 4. The van der Waals surface area contributed by atoms with Crippen LogP contribution in [0.4, 0.5) is 0 Å². The van der Waals surface area contributed by atoms with Gasteiger partial charge in [-0.3, -0.25) is 9.19 Å². The van der Waals surface area contributed by atoms with E-state index in [1.807, 2.05) is 6.07 Å². The molecule has 0 aliphatic heterocycles. The van der Waals surface area contributed by atoms with E-state index in [0.29, 0.717) is 11.6 Å². The molecule has 6 nitrogen and oxygen atoms in total. The van der Waals surface area contributed by atoms with Gasteiger partial charge in [0.1, 0.15) is 5.82 Å². The third-order valence-corrected chi connectivity index (χ3v) is 2.63. The second kappa shape index (κ2) is 4.50. The minimum absolute atomic E-state index is 0.135. The van der Waals surface area contributed by atoms with Gasteiger partial charge in [-0.05, 0) is 23.2 Å². The zero-order valence-corrected chi connectivity index (χ0v) is 9.35. The Morgan fingerprint density at radius 2 is 2.31 bits per heavy atom. The van der Waals surface area contributed by atoms with Crippen LogP contribution in [0.2, 0.25) is 0 Å². The summed E-state index contributed by atoms with van der Waals surface area (Å²) in [6, 6.07) is 3.63. The highest BCUT2D eigenvalue weighted by Gasteiger charge is 2.10. The van der Waals surface area contributed by atoms with Crippen molar-refractivity contribution in [1.82, 2.24) is 19.7 Å². The second-order valence-electron chi connectivity index (χ2n) is 3.19. The Balaban J connectivity index is 2.37. The van der Waals surface area contributed by atoms with Crippen LogP contribution in [0, 0.1) is 0 Å². The molecule has 0 amide bonds. The maximum atomic E-state index is 10.6. The minimum atomic E-state index is -2.16. The Morgan fingerprint density at radius 3 is 2.94 bits per heavy atom. The van der Waals surface area contributed by atoms with Crippen LogP contribution in [0.25, 0.3) is 11.4 Å². The number of rotatable bonds is 3. The van der Waals surface area contributed by atoms with Crippen LogP contribution in [0.15, 0.2) is 24.5 Å². The van der Waals surface area contributed by atoms with Crippen molar-refractivity contribution in [3.05, 3.63) is 30.4 Å². The van der Waals surface area contributed by atoms with Crippen molar-refractivity contribution in [1.29, 1.82) is 0 Å². The smallest absolute Gasteiger partial charge is 0.165 e. The molecule has 0 fully saturated rings. The van der Waals surface area contributed by atoms with Crippen molar-refractivity contribution in [3.63, 3.8) is 0 Å². The van der Waals surface area contributed by atoms with E-state index in [0.717, 1.165) is 5.56 Å². The molecule has 0 N–H and O–H groups in total. The first kappa shape index (κ1) is 10.9. The highest BCUT2D eigenvalue weighted by atomic mass is 32.2. The fourth-order valence-corrected chi connectivity index (χ4v) is 1.80. The van der Waals surface area contributed by atoms with Crippen LogP contribution in [0.1, 0.15) is 5.82 Å². The molecule has 1 unspecified atom stereocenters. The monoisotopic (exact) mass is 237 g/mol. The largest absolute Gasteiger partial charge is 0.772 e. The summed E-state index contributed by atoms with van der Waals surface area (Å²) in [7, 11) is 1.73. The third-order valence-electron chi connectivity index (χ3n) is 2.13. The highest BCUT2D eigenvalue weighted by Crippen LogP contribution is 2.15. The van der Waals surface area contributed by atoms with Crippen LogP contribution in [-0.2, 0) is 23.9 Å². The molecule has 2 rings (SSSR count). The molecular weight excluding hydrogens is 228 g/mol. The maximum absolute atomic E-state index is 10.6. The number of aromatic nitrogens is 4. The molecule has 2 aromatic heterocycles. The second-order valence-corrected chi connectivity index (χ2v) is 4.08.